The zero-order valence-electron chi connectivity index (χ0n) is 14.9. The largest absolute Gasteiger partial charge is 0.348 e. The molecular weight excluding hydrogens is 296 g/mol. The van der Waals surface area contributed by atoms with E-state index in [1.54, 1.807) is 0 Å². The summed E-state index contributed by atoms with van der Waals surface area (Å²) in [5.41, 5.74) is 5.15. The monoisotopic (exact) mass is 322 g/mol. The molecule has 1 atom stereocenters. The van der Waals surface area contributed by atoms with E-state index < -0.39 is 0 Å². The van der Waals surface area contributed by atoms with Gasteiger partial charge in [0.05, 0.1) is 11.7 Å². The van der Waals surface area contributed by atoms with Crippen LogP contribution in [0.3, 0.4) is 0 Å². The van der Waals surface area contributed by atoms with Crippen LogP contribution in [0.15, 0.2) is 36.5 Å². The van der Waals surface area contributed by atoms with Crippen molar-refractivity contribution >= 4 is 10.9 Å². The maximum Gasteiger partial charge on any atom is 0.0661 e. The molecule has 0 saturated carbocycles. The van der Waals surface area contributed by atoms with Crippen LogP contribution in [0.4, 0.5) is 0 Å². The molecule has 4 rings (SSSR count). The van der Waals surface area contributed by atoms with Gasteiger partial charge in [0.1, 0.15) is 0 Å². The van der Waals surface area contributed by atoms with Crippen molar-refractivity contribution in [2.24, 2.45) is 0 Å². The van der Waals surface area contributed by atoms with E-state index >= 15 is 0 Å². The summed E-state index contributed by atoms with van der Waals surface area (Å²) in [6.45, 7) is 10.7. The van der Waals surface area contributed by atoms with E-state index in [1.807, 2.05) is 0 Å². The summed E-state index contributed by atoms with van der Waals surface area (Å²) in [6.07, 6.45) is 3.37. The number of aromatic nitrogens is 3. The second-order valence-electron chi connectivity index (χ2n) is 7.04. The summed E-state index contributed by atoms with van der Waals surface area (Å²) in [6, 6.07) is 11.8. The average Bonchev–Trinajstić information content (AvgIpc) is 3.25. The summed E-state index contributed by atoms with van der Waals surface area (Å²) in [7, 11) is 0. The van der Waals surface area contributed by atoms with Crippen LogP contribution in [0.25, 0.3) is 10.9 Å². The van der Waals surface area contributed by atoms with Gasteiger partial charge >= 0.3 is 0 Å². The minimum absolute atomic E-state index is 0.517. The van der Waals surface area contributed by atoms with Crippen molar-refractivity contribution < 1.29 is 0 Å². The molecule has 1 fully saturated rings. The third-order valence-electron chi connectivity index (χ3n) is 5.22. The van der Waals surface area contributed by atoms with Gasteiger partial charge < -0.3 is 4.57 Å². The van der Waals surface area contributed by atoms with Crippen molar-refractivity contribution in [3.8, 4) is 0 Å². The fraction of sp³-hybridized carbons (Fsp3) is 0.450. The van der Waals surface area contributed by atoms with Gasteiger partial charge in [0, 0.05) is 43.6 Å². The molecule has 4 nitrogen and oxygen atoms in total. The molecule has 24 heavy (non-hydrogen) atoms. The Hall–Kier alpha value is -2.07. The standard InChI is InChI=1S/C20H26N4/c1-4-23-10-7-18-12-17(5-6-20(18)23)13-22-9-8-19(14-22)24-16(3)11-15(2)21-24/h5-7,10-12,19H,4,8-9,13-14H2,1-3H3/t19-/m0/s1. The molecule has 3 heterocycles. The Kier molecular flexibility index (Phi) is 3.93. The summed E-state index contributed by atoms with van der Waals surface area (Å²) in [5.74, 6) is 0. The van der Waals surface area contributed by atoms with Crippen LogP contribution < -0.4 is 0 Å². The molecular formula is C20H26N4. The maximum absolute atomic E-state index is 4.67. The minimum Gasteiger partial charge on any atom is -0.348 e. The van der Waals surface area contributed by atoms with E-state index in [0.29, 0.717) is 6.04 Å². The molecule has 4 heteroatoms. The number of aryl methyl sites for hydroxylation is 3. The van der Waals surface area contributed by atoms with Gasteiger partial charge in [-0.3, -0.25) is 9.58 Å². The molecule has 0 unspecified atom stereocenters. The Balaban J connectivity index is 1.47. The Morgan fingerprint density at radius 1 is 1.17 bits per heavy atom. The summed E-state index contributed by atoms with van der Waals surface area (Å²) >= 11 is 0. The highest BCUT2D eigenvalue weighted by Crippen LogP contribution is 2.25. The highest BCUT2D eigenvalue weighted by Gasteiger charge is 2.25. The number of likely N-dealkylation sites (tertiary alicyclic amines) is 1. The van der Waals surface area contributed by atoms with Crippen LogP contribution in [-0.4, -0.2) is 32.3 Å². The fourth-order valence-corrected chi connectivity index (χ4v) is 4.05. The Labute approximate surface area is 143 Å². The second kappa shape index (κ2) is 6.10. The number of hydrogen-bond acceptors (Lipinski definition) is 2. The van der Waals surface area contributed by atoms with E-state index in [2.05, 4.69) is 76.5 Å². The quantitative estimate of drug-likeness (QED) is 0.727. The van der Waals surface area contributed by atoms with Crippen molar-refractivity contribution in [2.45, 2.75) is 46.3 Å². The van der Waals surface area contributed by atoms with Gasteiger partial charge in [0.2, 0.25) is 0 Å². The van der Waals surface area contributed by atoms with Crippen LogP contribution in [0.1, 0.15) is 36.3 Å². The predicted molar refractivity (Wildman–Crippen MR) is 98.2 cm³/mol. The first kappa shape index (κ1) is 15.5. The molecule has 1 aliphatic heterocycles. The molecule has 1 saturated heterocycles. The zero-order valence-corrected chi connectivity index (χ0v) is 14.9. The molecule has 2 aromatic heterocycles. The van der Waals surface area contributed by atoms with Crippen LogP contribution in [-0.2, 0) is 13.1 Å². The minimum atomic E-state index is 0.517. The van der Waals surface area contributed by atoms with E-state index in [4.69, 9.17) is 0 Å². The highest BCUT2D eigenvalue weighted by molar-refractivity contribution is 5.80. The molecule has 0 N–H and O–H groups in total. The van der Waals surface area contributed by atoms with E-state index in [1.165, 1.54) is 28.6 Å². The average molecular weight is 322 g/mol. The molecule has 0 radical (unpaired) electrons. The Morgan fingerprint density at radius 3 is 2.79 bits per heavy atom. The molecule has 3 aromatic rings. The first-order valence-electron chi connectivity index (χ1n) is 8.97. The first-order valence-corrected chi connectivity index (χ1v) is 8.97. The zero-order chi connectivity index (χ0) is 16.7. The van der Waals surface area contributed by atoms with Crippen LogP contribution in [0.2, 0.25) is 0 Å². The number of benzene rings is 1. The molecule has 0 spiro atoms. The second-order valence-corrected chi connectivity index (χ2v) is 7.04. The lowest BCUT2D eigenvalue weighted by Gasteiger charge is -2.17. The topological polar surface area (TPSA) is 26.0 Å². The lowest BCUT2D eigenvalue weighted by molar-refractivity contribution is 0.310. The highest BCUT2D eigenvalue weighted by atomic mass is 15.3. The van der Waals surface area contributed by atoms with Gasteiger partial charge in [0.15, 0.2) is 0 Å². The van der Waals surface area contributed by atoms with E-state index in [9.17, 15) is 0 Å². The molecule has 0 aliphatic carbocycles. The van der Waals surface area contributed by atoms with Crippen molar-refractivity contribution in [1.29, 1.82) is 0 Å². The summed E-state index contributed by atoms with van der Waals surface area (Å²) in [4.78, 5) is 2.55. The van der Waals surface area contributed by atoms with E-state index in [-0.39, 0.29) is 0 Å². The van der Waals surface area contributed by atoms with Gasteiger partial charge in [-0.05, 0) is 62.4 Å². The summed E-state index contributed by atoms with van der Waals surface area (Å²) < 4.78 is 4.52. The smallest absolute Gasteiger partial charge is 0.0661 e. The molecule has 0 amide bonds. The fourth-order valence-electron chi connectivity index (χ4n) is 4.05. The third-order valence-corrected chi connectivity index (χ3v) is 5.22. The Morgan fingerprint density at radius 2 is 2.04 bits per heavy atom. The maximum atomic E-state index is 4.67. The van der Waals surface area contributed by atoms with Crippen LogP contribution >= 0.6 is 0 Å². The Bertz CT molecular complexity index is 858. The van der Waals surface area contributed by atoms with Crippen molar-refractivity contribution in [1.82, 2.24) is 19.2 Å². The van der Waals surface area contributed by atoms with Crippen LogP contribution in [0.5, 0.6) is 0 Å². The summed E-state index contributed by atoms with van der Waals surface area (Å²) in [5, 5.41) is 6.02. The molecule has 126 valence electrons. The first-order chi connectivity index (χ1) is 11.6. The van der Waals surface area contributed by atoms with Crippen molar-refractivity contribution in [3.05, 3.63) is 53.5 Å². The van der Waals surface area contributed by atoms with Gasteiger partial charge in [0.25, 0.3) is 0 Å². The molecule has 1 aromatic carbocycles. The lowest BCUT2D eigenvalue weighted by Crippen LogP contribution is -2.22. The SMILES string of the molecule is CCn1ccc2cc(CN3CC[C@H](n4nc(C)cc4C)C3)ccc21. The van der Waals surface area contributed by atoms with Gasteiger partial charge in [-0.1, -0.05) is 6.07 Å². The number of rotatable bonds is 4. The van der Waals surface area contributed by atoms with E-state index in [0.717, 1.165) is 31.9 Å². The molecule has 0 bridgehead atoms. The van der Waals surface area contributed by atoms with Gasteiger partial charge in [-0.2, -0.15) is 5.10 Å². The van der Waals surface area contributed by atoms with Gasteiger partial charge in [-0.15, -0.1) is 0 Å². The van der Waals surface area contributed by atoms with Crippen LogP contribution in [0, 0.1) is 13.8 Å². The normalized spacial score (nSPS) is 18.7. The third kappa shape index (κ3) is 2.75. The van der Waals surface area contributed by atoms with Crippen molar-refractivity contribution in [2.75, 3.05) is 13.1 Å². The number of hydrogen-bond donors (Lipinski definition) is 0. The van der Waals surface area contributed by atoms with Crippen molar-refractivity contribution in [3.63, 3.8) is 0 Å². The molecule has 1 aliphatic rings. The van der Waals surface area contributed by atoms with Gasteiger partial charge in [-0.25, -0.2) is 0 Å². The number of nitrogens with zero attached hydrogens (tertiary/aromatic N) is 4. The lowest BCUT2D eigenvalue weighted by atomic mass is 10.1. The predicted octanol–water partition coefficient (Wildman–Crippen LogP) is 3.92. The number of fused-ring (bicyclic) bond motifs is 1.